The minimum absolute atomic E-state index is 0.0190. The minimum Gasteiger partial charge on any atom is -0.496 e. The number of hydrogen-bond acceptors (Lipinski definition) is 5. The SMILES string of the molecule is CC1=C(C)OCC(NS(=O)(=O)c2ccc(Oc3ccc(Cl)cc3)cc2)(C(=O)O)C1. The normalized spacial score (nSPS) is 19.6. The standard InChI is InChI=1S/C20H20ClNO6S/c1-13-11-20(19(23)24,12-27-14(13)2)22-29(25,26)18-9-7-17(8-10-18)28-16-5-3-15(21)4-6-16/h3-10,22H,11-12H2,1-2H3,(H,23,24). The van der Waals surface area contributed by atoms with E-state index in [4.69, 9.17) is 21.1 Å². The van der Waals surface area contributed by atoms with E-state index in [0.717, 1.165) is 0 Å². The zero-order chi connectivity index (χ0) is 21.2. The first-order chi connectivity index (χ1) is 13.6. The van der Waals surface area contributed by atoms with Crippen LogP contribution in [0.5, 0.6) is 11.5 Å². The Morgan fingerprint density at radius 2 is 1.66 bits per heavy atom. The third kappa shape index (κ3) is 4.72. The molecule has 0 amide bonds. The maximum absolute atomic E-state index is 12.8. The van der Waals surface area contributed by atoms with E-state index >= 15 is 0 Å². The Balaban J connectivity index is 1.80. The van der Waals surface area contributed by atoms with Crippen LogP contribution in [0.15, 0.2) is 64.8 Å². The van der Waals surface area contributed by atoms with Crippen molar-refractivity contribution in [2.24, 2.45) is 0 Å². The number of carbonyl (C=O) groups is 1. The topological polar surface area (TPSA) is 102 Å². The Bertz CT molecular complexity index is 1050. The van der Waals surface area contributed by atoms with Crippen molar-refractivity contribution in [3.8, 4) is 11.5 Å². The van der Waals surface area contributed by atoms with E-state index in [2.05, 4.69) is 4.72 Å². The summed E-state index contributed by atoms with van der Waals surface area (Å²) >= 11 is 5.83. The molecule has 0 saturated carbocycles. The number of carboxylic acids is 1. The Morgan fingerprint density at radius 3 is 2.17 bits per heavy atom. The fourth-order valence-electron chi connectivity index (χ4n) is 2.87. The van der Waals surface area contributed by atoms with E-state index in [1.165, 1.54) is 24.3 Å². The predicted molar refractivity (Wildman–Crippen MR) is 108 cm³/mol. The number of benzene rings is 2. The highest BCUT2D eigenvalue weighted by atomic mass is 35.5. The average Bonchev–Trinajstić information content (AvgIpc) is 2.67. The lowest BCUT2D eigenvalue weighted by Gasteiger charge is -2.34. The smallest absolute Gasteiger partial charge is 0.328 e. The van der Waals surface area contributed by atoms with E-state index in [9.17, 15) is 18.3 Å². The van der Waals surface area contributed by atoms with Crippen LogP contribution in [0, 0.1) is 0 Å². The monoisotopic (exact) mass is 437 g/mol. The number of sulfonamides is 1. The average molecular weight is 438 g/mol. The van der Waals surface area contributed by atoms with Crippen LogP contribution >= 0.6 is 11.6 Å². The molecule has 7 nitrogen and oxygen atoms in total. The first kappa shape index (κ1) is 21.2. The van der Waals surface area contributed by atoms with Crippen LogP contribution in [0.2, 0.25) is 5.02 Å². The van der Waals surface area contributed by atoms with Crippen molar-refractivity contribution in [2.75, 3.05) is 6.61 Å². The maximum atomic E-state index is 12.8. The van der Waals surface area contributed by atoms with Gasteiger partial charge in [-0.05, 0) is 68.0 Å². The van der Waals surface area contributed by atoms with E-state index in [1.807, 2.05) is 0 Å². The molecule has 0 fully saturated rings. The molecule has 0 aliphatic carbocycles. The molecule has 0 saturated heterocycles. The molecule has 0 aromatic heterocycles. The quantitative estimate of drug-likeness (QED) is 0.709. The summed E-state index contributed by atoms with van der Waals surface area (Å²) in [6.45, 7) is 3.14. The first-order valence-electron chi connectivity index (χ1n) is 8.71. The lowest BCUT2D eigenvalue weighted by molar-refractivity contribution is -0.146. The van der Waals surface area contributed by atoms with Crippen molar-refractivity contribution in [3.05, 3.63) is 64.9 Å². The van der Waals surface area contributed by atoms with Crippen molar-refractivity contribution in [3.63, 3.8) is 0 Å². The summed E-state index contributed by atoms with van der Waals surface area (Å²) in [5.41, 5.74) is -1.09. The molecule has 29 heavy (non-hydrogen) atoms. The van der Waals surface area contributed by atoms with Crippen LogP contribution in [0.25, 0.3) is 0 Å². The molecule has 3 rings (SSSR count). The fourth-order valence-corrected chi connectivity index (χ4v) is 4.34. The number of rotatable bonds is 6. The van der Waals surface area contributed by atoms with Gasteiger partial charge in [0.1, 0.15) is 18.1 Å². The summed E-state index contributed by atoms with van der Waals surface area (Å²) in [6, 6.07) is 12.4. The van der Waals surface area contributed by atoms with Crippen molar-refractivity contribution in [2.45, 2.75) is 30.7 Å². The predicted octanol–water partition coefficient (Wildman–Crippen LogP) is 3.95. The molecule has 0 bridgehead atoms. The molecule has 0 radical (unpaired) electrons. The van der Waals surface area contributed by atoms with Gasteiger partial charge in [-0.25, -0.2) is 8.42 Å². The number of halogens is 1. The van der Waals surface area contributed by atoms with Gasteiger partial charge in [0.05, 0.1) is 10.7 Å². The molecule has 2 aromatic rings. The highest BCUT2D eigenvalue weighted by Crippen LogP contribution is 2.30. The van der Waals surface area contributed by atoms with Crippen molar-refractivity contribution < 1.29 is 27.8 Å². The van der Waals surface area contributed by atoms with E-state index in [-0.39, 0.29) is 17.9 Å². The second kappa shape index (κ2) is 8.06. The van der Waals surface area contributed by atoms with E-state index in [1.54, 1.807) is 38.1 Å². The summed E-state index contributed by atoms with van der Waals surface area (Å²) < 4.78 is 38.9. The van der Waals surface area contributed by atoms with Gasteiger partial charge in [0, 0.05) is 11.4 Å². The molecule has 0 spiro atoms. The number of nitrogens with one attached hydrogen (secondary N) is 1. The number of aliphatic carboxylic acids is 1. The van der Waals surface area contributed by atoms with Gasteiger partial charge in [0.2, 0.25) is 10.0 Å². The fraction of sp³-hybridized carbons (Fsp3) is 0.250. The van der Waals surface area contributed by atoms with E-state index < -0.39 is 21.5 Å². The lowest BCUT2D eigenvalue weighted by Crippen LogP contribution is -2.58. The Morgan fingerprint density at radius 1 is 1.10 bits per heavy atom. The Hall–Kier alpha value is -2.55. The number of ether oxygens (including phenoxy) is 2. The molecular formula is C20H20ClNO6S. The number of carboxylic acid groups (broad SMARTS) is 1. The second-order valence-electron chi connectivity index (χ2n) is 6.82. The van der Waals surface area contributed by atoms with Gasteiger partial charge in [-0.15, -0.1) is 0 Å². The van der Waals surface area contributed by atoms with Gasteiger partial charge in [-0.1, -0.05) is 11.6 Å². The highest BCUT2D eigenvalue weighted by molar-refractivity contribution is 7.89. The van der Waals surface area contributed by atoms with Crippen LogP contribution in [-0.2, 0) is 19.6 Å². The summed E-state index contributed by atoms with van der Waals surface area (Å²) in [5.74, 6) is 0.278. The van der Waals surface area contributed by atoms with Crippen molar-refractivity contribution >= 4 is 27.6 Å². The molecule has 2 aromatic carbocycles. The molecule has 2 N–H and O–H groups in total. The molecular weight excluding hydrogens is 418 g/mol. The largest absolute Gasteiger partial charge is 0.496 e. The minimum atomic E-state index is -4.11. The molecule has 1 heterocycles. The summed E-state index contributed by atoms with van der Waals surface area (Å²) in [4.78, 5) is 11.8. The highest BCUT2D eigenvalue weighted by Gasteiger charge is 2.46. The molecule has 1 unspecified atom stereocenters. The van der Waals surface area contributed by atoms with Crippen molar-refractivity contribution in [1.29, 1.82) is 0 Å². The van der Waals surface area contributed by atoms with Gasteiger partial charge in [-0.2, -0.15) is 4.72 Å². The second-order valence-corrected chi connectivity index (χ2v) is 8.94. The third-order valence-electron chi connectivity index (χ3n) is 4.63. The molecule has 1 aliphatic heterocycles. The third-order valence-corrected chi connectivity index (χ3v) is 6.43. The summed E-state index contributed by atoms with van der Waals surface area (Å²) in [5, 5.41) is 10.2. The Kier molecular flexibility index (Phi) is 5.88. The summed E-state index contributed by atoms with van der Waals surface area (Å²) in [6.07, 6.45) is 0.0190. The van der Waals surface area contributed by atoms with Gasteiger partial charge in [0.25, 0.3) is 0 Å². The van der Waals surface area contributed by atoms with Crippen LogP contribution < -0.4 is 9.46 Å². The van der Waals surface area contributed by atoms with Gasteiger partial charge < -0.3 is 14.6 Å². The van der Waals surface area contributed by atoms with Gasteiger partial charge in [-0.3, -0.25) is 4.79 Å². The maximum Gasteiger partial charge on any atom is 0.328 e. The molecule has 1 atom stereocenters. The van der Waals surface area contributed by atoms with E-state index in [0.29, 0.717) is 27.9 Å². The van der Waals surface area contributed by atoms with Gasteiger partial charge >= 0.3 is 5.97 Å². The van der Waals surface area contributed by atoms with Crippen LogP contribution in [0.1, 0.15) is 20.3 Å². The molecule has 9 heteroatoms. The van der Waals surface area contributed by atoms with Crippen LogP contribution in [0.3, 0.4) is 0 Å². The van der Waals surface area contributed by atoms with Crippen LogP contribution in [0.4, 0.5) is 0 Å². The summed E-state index contributed by atoms with van der Waals surface area (Å²) in [7, 11) is -4.11. The Labute approximate surface area is 174 Å². The van der Waals surface area contributed by atoms with Crippen LogP contribution in [-0.4, -0.2) is 31.6 Å². The zero-order valence-corrected chi connectivity index (χ0v) is 17.4. The molecule has 154 valence electrons. The first-order valence-corrected chi connectivity index (χ1v) is 10.6. The zero-order valence-electron chi connectivity index (χ0n) is 15.8. The lowest BCUT2D eigenvalue weighted by atomic mass is 9.91. The molecule has 1 aliphatic rings. The number of allylic oxidation sites excluding steroid dienone is 1. The van der Waals surface area contributed by atoms with Gasteiger partial charge in [0.15, 0.2) is 5.54 Å². The number of hydrogen-bond donors (Lipinski definition) is 2. The van der Waals surface area contributed by atoms with Crippen molar-refractivity contribution in [1.82, 2.24) is 4.72 Å².